The Morgan fingerprint density at radius 2 is 1.91 bits per heavy atom. The standard InChI is InChI=1S/C27H35ClN4O2/c1-16(2)10-20(14-23(33)13-19-6-7-21(28)12-18(19)5)26-29-30-27(32(26)22-8-9-22)25-15-24(34-31-25)11-17(3)4/h6-7,12,15-17,20,22H,8-11,13-14H2,1-5H3/t20-/m0/s1. The van der Waals surface area contributed by atoms with Crippen molar-refractivity contribution in [2.45, 2.75) is 85.1 Å². The Balaban J connectivity index is 1.60. The molecule has 182 valence electrons. The smallest absolute Gasteiger partial charge is 0.186 e. The summed E-state index contributed by atoms with van der Waals surface area (Å²) in [6.45, 7) is 10.7. The normalized spacial score (nSPS) is 14.8. The highest BCUT2D eigenvalue weighted by Gasteiger charge is 2.34. The Labute approximate surface area is 207 Å². The van der Waals surface area contributed by atoms with Crippen molar-refractivity contribution >= 4 is 17.4 Å². The van der Waals surface area contributed by atoms with Crippen molar-refractivity contribution in [3.05, 3.63) is 52.0 Å². The molecule has 1 aliphatic carbocycles. The van der Waals surface area contributed by atoms with Gasteiger partial charge in [-0.15, -0.1) is 10.2 Å². The summed E-state index contributed by atoms with van der Waals surface area (Å²) in [5, 5.41) is 14.2. The number of hydrogen-bond donors (Lipinski definition) is 0. The van der Waals surface area contributed by atoms with E-state index in [-0.39, 0.29) is 11.7 Å². The molecule has 34 heavy (non-hydrogen) atoms. The third kappa shape index (κ3) is 5.96. The number of hydrogen-bond acceptors (Lipinski definition) is 5. The van der Waals surface area contributed by atoms with Crippen molar-refractivity contribution in [2.24, 2.45) is 11.8 Å². The molecule has 6 nitrogen and oxygen atoms in total. The lowest BCUT2D eigenvalue weighted by atomic mass is 9.89. The van der Waals surface area contributed by atoms with Crippen LogP contribution in [-0.4, -0.2) is 25.7 Å². The summed E-state index contributed by atoms with van der Waals surface area (Å²) < 4.78 is 7.80. The lowest BCUT2D eigenvalue weighted by Gasteiger charge is -2.19. The van der Waals surface area contributed by atoms with Gasteiger partial charge >= 0.3 is 0 Å². The third-order valence-corrected chi connectivity index (χ3v) is 6.55. The second kappa shape index (κ2) is 10.4. The zero-order chi connectivity index (χ0) is 24.4. The molecule has 2 heterocycles. The van der Waals surface area contributed by atoms with E-state index in [0.29, 0.717) is 35.7 Å². The number of carbonyl (C=O) groups is 1. The molecule has 0 unspecified atom stereocenters. The second-order valence-electron chi connectivity index (χ2n) is 10.6. The number of aryl methyl sites for hydroxylation is 1. The van der Waals surface area contributed by atoms with Gasteiger partial charge in [0.15, 0.2) is 11.5 Å². The quantitative estimate of drug-likeness (QED) is 0.302. The molecular formula is C27H35ClN4O2. The number of halogens is 1. The van der Waals surface area contributed by atoms with Gasteiger partial charge in [-0.3, -0.25) is 4.79 Å². The van der Waals surface area contributed by atoms with Crippen molar-refractivity contribution in [3.63, 3.8) is 0 Å². The highest BCUT2D eigenvalue weighted by molar-refractivity contribution is 6.30. The molecule has 1 aromatic carbocycles. The van der Waals surface area contributed by atoms with Crippen LogP contribution < -0.4 is 0 Å². The molecule has 0 amide bonds. The molecule has 7 heteroatoms. The maximum Gasteiger partial charge on any atom is 0.186 e. The average molecular weight is 483 g/mol. The fourth-order valence-electron chi connectivity index (χ4n) is 4.63. The van der Waals surface area contributed by atoms with Gasteiger partial charge in [-0.25, -0.2) is 0 Å². The van der Waals surface area contributed by atoms with Crippen LogP contribution in [0.25, 0.3) is 11.5 Å². The van der Waals surface area contributed by atoms with Crippen LogP contribution in [0.15, 0.2) is 28.8 Å². The van der Waals surface area contributed by atoms with Crippen molar-refractivity contribution in [1.29, 1.82) is 0 Å². The van der Waals surface area contributed by atoms with Gasteiger partial charge < -0.3 is 9.09 Å². The van der Waals surface area contributed by atoms with Gasteiger partial charge in [0.05, 0.1) is 0 Å². The summed E-state index contributed by atoms with van der Waals surface area (Å²) in [6, 6.07) is 8.07. The van der Waals surface area contributed by atoms with Crippen LogP contribution in [0.2, 0.25) is 5.02 Å². The number of Topliss-reactive ketones (excluding diaryl/α,β-unsaturated/α-hetero) is 1. The van der Waals surface area contributed by atoms with Crippen LogP contribution >= 0.6 is 11.6 Å². The Morgan fingerprint density at radius 1 is 1.15 bits per heavy atom. The lowest BCUT2D eigenvalue weighted by Crippen LogP contribution is -2.17. The van der Waals surface area contributed by atoms with Crippen molar-refractivity contribution in [1.82, 2.24) is 19.9 Å². The zero-order valence-corrected chi connectivity index (χ0v) is 21.6. The van der Waals surface area contributed by atoms with Crippen LogP contribution in [0.4, 0.5) is 0 Å². The molecule has 3 aromatic rings. The van der Waals surface area contributed by atoms with Crippen LogP contribution in [0.3, 0.4) is 0 Å². The van der Waals surface area contributed by atoms with Crippen molar-refractivity contribution in [2.75, 3.05) is 0 Å². The predicted molar refractivity (Wildman–Crippen MR) is 134 cm³/mol. The first kappa shape index (κ1) is 24.6. The molecule has 0 N–H and O–H groups in total. The van der Waals surface area contributed by atoms with Gasteiger partial charge in [-0.05, 0) is 61.3 Å². The van der Waals surface area contributed by atoms with E-state index in [1.807, 2.05) is 31.2 Å². The Morgan fingerprint density at radius 3 is 2.56 bits per heavy atom. The summed E-state index contributed by atoms with van der Waals surface area (Å²) in [5.74, 6) is 3.68. The summed E-state index contributed by atoms with van der Waals surface area (Å²) >= 11 is 6.09. The maximum atomic E-state index is 13.2. The topological polar surface area (TPSA) is 73.8 Å². The van der Waals surface area contributed by atoms with Gasteiger partial charge in [0, 0.05) is 42.3 Å². The first-order valence-corrected chi connectivity index (χ1v) is 12.8. The average Bonchev–Trinajstić information content (AvgIpc) is 3.32. The van der Waals surface area contributed by atoms with E-state index in [2.05, 4.69) is 47.6 Å². The molecule has 1 saturated carbocycles. The summed E-state index contributed by atoms with van der Waals surface area (Å²) in [4.78, 5) is 13.2. The van der Waals surface area contributed by atoms with Gasteiger partial charge in [0.25, 0.3) is 0 Å². The summed E-state index contributed by atoms with van der Waals surface area (Å²) in [7, 11) is 0. The highest BCUT2D eigenvalue weighted by atomic mass is 35.5. The lowest BCUT2D eigenvalue weighted by molar-refractivity contribution is -0.118. The first-order chi connectivity index (χ1) is 16.2. The van der Waals surface area contributed by atoms with Crippen LogP contribution in [0, 0.1) is 18.8 Å². The van der Waals surface area contributed by atoms with E-state index < -0.39 is 0 Å². The summed E-state index contributed by atoms with van der Waals surface area (Å²) in [6.07, 6.45) is 4.77. The molecule has 1 aliphatic rings. The maximum absolute atomic E-state index is 13.2. The van der Waals surface area contributed by atoms with Crippen LogP contribution in [0.5, 0.6) is 0 Å². The Bertz CT molecular complexity index is 1140. The second-order valence-corrected chi connectivity index (χ2v) is 11.0. The summed E-state index contributed by atoms with van der Waals surface area (Å²) in [5.41, 5.74) is 2.81. The van der Waals surface area contributed by atoms with Crippen molar-refractivity contribution < 1.29 is 9.32 Å². The largest absolute Gasteiger partial charge is 0.361 e. The number of nitrogens with zero attached hydrogens (tertiary/aromatic N) is 4. The molecule has 1 fully saturated rings. The molecule has 1 atom stereocenters. The molecule has 0 bridgehead atoms. The highest BCUT2D eigenvalue weighted by Crippen LogP contribution is 2.42. The number of carbonyl (C=O) groups excluding carboxylic acids is 1. The fourth-order valence-corrected chi connectivity index (χ4v) is 4.86. The number of aromatic nitrogens is 4. The van der Waals surface area contributed by atoms with E-state index in [4.69, 9.17) is 16.1 Å². The minimum atomic E-state index is 0.0176. The molecule has 0 saturated heterocycles. The molecule has 4 rings (SSSR count). The first-order valence-electron chi connectivity index (χ1n) is 12.4. The van der Waals surface area contributed by atoms with Crippen molar-refractivity contribution in [3.8, 4) is 11.5 Å². The van der Waals surface area contributed by atoms with E-state index >= 15 is 0 Å². The minimum Gasteiger partial charge on any atom is -0.361 e. The molecule has 0 spiro atoms. The third-order valence-electron chi connectivity index (χ3n) is 6.32. The molecule has 2 aromatic heterocycles. The Kier molecular flexibility index (Phi) is 7.56. The van der Waals surface area contributed by atoms with Gasteiger partial charge in [0.2, 0.25) is 0 Å². The number of benzene rings is 1. The molecular weight excluding hydrogens is 448 g/mol. The molecule has 0 radical (unpaired) electrons. The minimum absolute atomic E-state index is 0.0176. The predicted octanol–water partition coefficient (Wildman–Crippen LogP) is 6.76. The van der Waals surface area contributed by atoms with Crippen LogP contribution in [0.1, 0.15) is 88.0 Å². The van der Waals surface area contributed by atoms with E-state index in [9.17, 15) is 4.79 Å². The number of ketones is 1. The monoisotopic (exact) mass is 482 g/mol. The van der Waals surface area contributed by atoms with Crippen LogP contribution in [-0.2, 0) is 17.6 Å². The van der Waals surface area contributed by atoms with Gasteiger partial charge in [-0.2, -0.15) is 0 Å². The SMILES string of the molecule is Cc1cc(Cl)ccc1CC(=O)C[C@H](CC(C)C)c1nnc(-c2cc(CC(C)C)on2)n1C1CC1. The van der Waals surface area contributed by atoms with E-state index in [0.717, 1.165) is 59.9 Å². The van der Waals surface area contributed by atoms with Gasteiger partial charge in [-0.1, -0.05) is 50.5 Å². The van der Waals surface area contributed by atoms with E-state index in [1.165, 1.54) is 0 Å². The Hall–Kier alpha value is -2.47. The van der Waals surface area contributed by atoms with Gasteiger partial charge in [0.1, 0.15) is 17.4 Å². The number of rotatable bonds is 11. The fraction of sp³-hybridized carbons (Fsp3) is 0.556. The molecule has 0 aliphatic heterocycles. The zero-order valence-electron chi connectivity index (χ0n) is 20.8. The van der Waals surface area contributed by atoms with E-state index in [1.54, 1.807) is 0 Å².